The van der Waals surface area contributed by atoms with Crippen molar-refractivity contribution in [1.29, 1.82) is 0 Å². The number of hydrogen-bond acceptors (Lipinski definition) is 4. The second kappa shape index (κ2) is 4.37. The molecule has 0 spiro atoms. The number of nitrogens with one attached hydrogen (secondary N) is 1. The van der Waals surface area contributed by atoms with Crippen molar-refractivity contribution in [3.05, 3.63) is 35.1 Å². The standard InChI is InChI=1S/C9H10ClN5/c1-11-6-9-12-14-15(13-9)8-4-2-7(10)3-5-8/h2-5,11H,6H2,1H3. The second-order valence-corrected chi connectivity index (χ2v) is 3.44. The molecule has 15 heavy (non-hydrogen) atoms. The number of rotatable bonds is 3. The third-order valence-corrected chi connectivity index (χ3v) is 2.10. The largest absolute Gasteiger partial charge is 0.313 e. The van der Waals surface area contributed by atoms with Gasteiger partial charge in [-0.2, -0.15) is 0 Å². The van der Waals surface area contributed by atoms with E-state index in [1.54, 1.807) is 12.1 Å². The summed E-state index contributed by atoms with van der Waals surface area (Å²) in [5, 5.41) is 15.7. The van der Waals surface area contributed by atoms with Gasteiger partial charge in [-0.1, -0.05) is 11.6 Å². The molecule has 1 N–H and O–H groups in total. The van der Waals surface area contributed by atoms with Gasteiger partial charge in [-0.3, -0.25) is 0 Å². The van der Waals surface area contributed by atoms with Crippen LogP contribution in [0.3, 0.4) is 0 Å². The van der Waals surface area contributed by atoms with Crippen molar-refractivity contribution in [1.82, 2.24) is 25.5 Å². The Morgan fingerprint density at radius 1 is 1.33 bits per heavy atom. The fourth-order valence-electron chi connectivity index (χ4n) is 1.16. The minimum atomic E-state index is 0.605. The van der Waals surface area contributed by atoms with Crippen LogP contribution in [0.5, 0.6) is 0 Å². The molecule has 1 aromatic carbocycles. The van der Waals surface area contributed by atoms with Gasteiger partial charge in [-0.25, -0.2) is 0 Å². The molecule has 0 saturated heterocycles. The van der Waals surface area contributed by atoms with E-state index in [1.807, 2.05) is 19.2 Å². The average Bonchev–Trinajstić information content (AvgIpc) is 2.68. The first-order chi connectivity index (χ1) is 7.29. The maximum absolute atomic E-state index is 5.78. The molecule has 1 aromatic heterocycles. The first kappa shape index (κ1) is 10.1. The fourth-order valence-corrected chi connectivity index (χ4v) is 1.28. The normalized spacial score (nSPS) is 10.5. The van der Waals surface area contributed by atoms with Gasteiger partial charge in [0.05, 0.1) is 12.2 Å². The minimum Gasteiger partial charge on any atom is -0.313 e. The van der Waals surface area contributed by atoms with E-state index in [0.29, 0.717) is 17.4 Å². The number of hydrogen-bond donors (Lipinski definition) is 1. The topological polar surface area (TPSA) is 55.6 Å². The van der Waals surface area contributed by atoms with Crippen LogP contribution in [0.2, 0.25) is 5.02 Å². The highest BCUT2D eigenvalue weighted by molar-refractivity contribution is 6.30. The van der Waals surface area contributed by atoms with E-state index < -0.39 is 0 Å². The molecule has 0 aliphatic heterocycles. The van der Waals surface area contributed by atoms with Gasteiger partial charge in [0.1, 0.15) is 0 Å². The Labute approximate surface area is 92.1 Å². The van der Waals surface area contributed by atoms with Gasteiger partial charge in [0.25, 0.3) is 0 Å². The molecular weight excluding hydrogens is 214 g/mol. The maximum atomic E-state index is 5.78. The fraction of sp³-hybridized carbons (Fsp3) is 0.222. The van der Waals surface area contributed by atoms with Crippen LogP contribution in [-0.2, 0) is 6.54 Å². The van der Waals surface area contributed by atoms with Crippen molar-refractivity contribution < 1.29 is 0 Å². The number of nitrogens with zero attached hydrogens (tertiary/aromatic N) is 4. The highest BCUT2D eigenvalue weighted by Gasteiger charge is 2.02. The van der Waals surface area contributed by atoms with Gasteiger partial charge >= 0.3 is 0 Å². The molecule has 2 rings (SSSR count). The predicted molar refractivity (Wildman–Crippen MR) is 56.9 cm³/mol. The van der Waals surface area contributed by atoms with Gasteiger partial charge < -0.3 is 5.32 Å². The molecule has 78 valence electrons. The second-order valence-electron chi connectivity index (χ2n) is 3.00. The number of tetrazole rings is 1. The van der Waals surface area contributed by atoms with Gasteiger partial charge in [-0.05, 0) is 36.5 Å². The molecule has 2 aromatic rings. The summed E-state index contributed by atoms with van der Waals surface area (Å²) in [4.78, 5) is 1.48. The van der Waals surface area contributed by atoms with E-state index in [-0.39, 0.29) is 0 Å². The van der Waals surface area contributed by atoms with E-state index in [4.69, 9.17) is 11.6 Å². The Morgan fingerprint density at radius 2 is 2.07 bits per heavy atom. The first-order valence-electron chi connectivity index (χ1n) is 4.49. The van der Waals surface area contributed by atoms with Crippen LogP contribution in [0.25, 0.3) is 5.69 Å². The zero-order valence-electron chi connectivity index (χ0n) is 8.18. The lowest BCUT2D eigenvalue weighted by atomic mass is 10.3. The summed E-state index contributed by atoms with van der Waals surface area (Å²) in [6.45, 7) is 0.605. The zero-order valence-corrected chi connectivity index (χ0v) is 8.94. The quantitative estimate of drug-likeness (QED) is 0.845. The average molecular weight is 224 g/mol. The molecule has 0 bridgehead atoms. The minimum absolute atomic E-state index is 0.605. The van der Waals surface area contributed by atoms with Crippen LogP contribution < -0.4 is 5.32 Å². The molecular formula is C9H10ClN5. The van der Waals surface area contributed by atoms with Crippen LogP contribution in [0.1, 0.15) is 5.82 Å². The lowest BCUT2D eigenvalue weighted by molar-refractivity contribution is 0.711. The Morgan fingerprint density at radius 3 is 2.73 bits per heavy atom. The molecule has 0 atom stereocenters. The predicted octanol–water partition coefficient (Wildman–Crippen LogP) is 1.04. The van der Waals surface area contributed by atoms with Gasteiger partial charge in [0.2, 0.25) is 0 Å². The molecule has 1 heterocycles. The van der Waals surface area contributed by atoms with Gasteiger partial charge in [0, 0.05) is 5.02 Å². The summed E-state index contributed by atoms with van der Waals surface area (Å²) in [6, 6.07) is 7.26. The summed E-state index contributed by atoms with van der Waals surface area (Å²) in [6.07, 6.45) is 0. The summed E-state index contributed by atoms with van der Waals surface area (Å²) in [5.41, 5.74) is 0.842. The van der Waals surface area contributed by atoms with Crippen LogP contribution in [0.15, 0.2) is 24.3 Å². The molecule has 0 amide bonds. The zero-order chi connectivity index (χ0) is 10.7. The van der Waals surface area contributed by atoms with Crippen LogP contribution in [-0.4, -0.2) is 27.3 Å². The van der Waals surface area contributed by atoms with E-state index in [0.717, 1.165) is 5.69 Å². The third-order valence-electron chi connectivity index (χ3n) is 1.85. The summed E-state index contributed by atoms with van der Waals surface area (Å²) in [7, 11) is 1.84. The SMILES string of the molecule is CNCc1nnn(-c2ccc(Cl)cc2)n1. The van der Waals surface area contributed by atoms with Gasteiger partial charge in [0.15, 0.2) is 5.82 Å². The first-order valence-corrected chi connectivity index (χ1v) is 4.87. The summed E-state index contributed by atoms with van der Waals surface area (Å²) in [5.74, 6) is 0.660. The number of aromatic nitrogens is 4. The van der Waals surface area contributed by atoms with Crippen molar-refractivity contribution >= 4 is 11.6 Å². The van der Waals surface area contributed by atoms with Gasteiger partial charge in [-0.15, -0.1) is 15.0 Å². The Bertz CT molecular complexity index is 436. The van der Waals surface area contributed by atoms with Crippen molar-refractivity contribution in [3.8, 4) is 5.69 Å². The van der Waals surface area contributed by atoms with E-state index >= 15 is 0 Å². The van der Waals surface area contributed by atoms with E-state index in [1.165, 1.54) is 4.80 Å². The highest BCUT2D eigenvalue weighted by atomic mass is 35.5. The molecule has 0 unspecified atom stereocenters. The number of halogens is 1. The molecule has 0 radical (unpaired) electrons. The number of benzene rings is 1. The Hall–Kier alpha value is -1.46. The lowest BCUT2D eigenvalue weighted by Gasteiger charge is -1.97. The summed E-state index contributed by atoms with van der Waals surface area (Å²) >= 11 is 5.78. The van der Waals surface area contributed by atoms with Crippen LogP contribution in [0.4, 0.5) is 0 Å². The van der Waals surface area contributed by atoms with E-state index in [2.05, 4.69) is 20.7 Å². The van der Waals surface area contributed by atoms with Crippen LogP contribution >= 0.6 is 11.6 Å². The molecule has 0 fully saturated rings. The molecule has 0 aliphatic carbocycles. The van der Waals surface area contributed by atoms with Crippen LogP contribution in [0, 0.1) is 0 Å². The lowest BCUT2D eigenvalue weighted by Crippen LogP contribution is -2.07. The molecule has 6 heteroatoms. The van der Waals surface area contributed by atoms with E-state index in [9.17, 15) is 0 Å². The Balaban J connectivity index is 2.25. The Kier molecular flexibility index (Phi) is 2.94. The maximum Gasteiger partial charge on any atom is 0.188 e. The molecule has 0 aliphatic rings. The molecule has 5 nitrogen and oxygen atoms in total. The van der Waals surface area contributed by atoms with Crippen molar-refractivity contribution in [2.24, 2.45) is 0 Å². The third kappa shape index (κ3) is 2.31. The highest BCUT2D eigenvalue weighted by Crippen LogP contribution is 2.11. The molecule has 0 saturated carbocycles. The smallest absolute Gasteiger partial charge is 0.188 e. The monoisotopic (exact) mass is 223 g/mol. The summed E-state index contributed by atoms with van der Waals surface area (Å²) < 4.78 is 0. The van der Waals surface area contributed by atoms with Crippen molar-refractivity contribution in [2.45, 2.75) is 6.54 Å². The van der Waals surface area contributed by atoms with Crippen molar-refractivity contribution in [3.63, 3.8) is 0 Å². The van der Waals surface area contributed by atoms with Crippen molar-refractivity contribution in [2.75, 3.05) is 7.05 Å².